The van der Waals surface area contributed by atoms with Gasteiger partial charge < -0.3 is 15.2 Å². The molecule has 0 bridgehead atoms. The van der Waals surface area contributed by atoms with E-state index in [1.165, 1.54) is 13.2 Å². The van der Waals surface area contributed by atoms with Crippen molar-refractivity contribution in [2.24, 2.45) is 0 Å². The number of aliphatic carboxylic acids is 1. The highest BCUT2D eigenvalue weighted by Crippen LogP contribution is 2.19. The monoisotopic (exact) mass is 305 g/mol. The van der Waals surface area contributed by atoms with Crippen molar-refractivity contribution in [3.8, 4) is 0 Å². The molecule has 0 fully saturated rings. The van der Waals surface area contributed by atoms with Gasteiger partial charge in [0.2, 0.25) is 5.91 Å². The van der Waals surface area contributed by atoms with E-state index in [1.807, 2.05) is 0 Å². The number of methoxy groups -OCH3 is 1. The second kappa shape index (κ2) is 7.81. The second-order valence-corrected chi connectivity index (χ2v) is 4.78. The number of hydrogen-bond donors (Lipinski definition) is 2. The number of halogens is 2. The lowest BCUT2D eigenvalue weighted by Crippen LogP contribution is -2.38. The van der Waals surface area contributed by atoms with Gasteiger partial charge in [-0.15, -0.1) is 11.8 Å². The van der Waals surface area contributed by atoms with Crippen molar-refractivity contribution in [3.05, 3.63) is 29.8 Å². The highest BCUT2D eigenvalue weighted by Gasteiger charge is 2.17. The van der Waals surface area contributed by atoms with Crippen molar-refractivity contribution in [1.29, 1.82) is 0 Å². The van der Waals surface area contributed by atoms with E-state index in [1.54, 1.807) is 0 Å². The molecule has 8 heteroatoms. The molecular formula is C12H13F2NO4S. The van der Waals surface area contributed by atoms with E-state index < -0.39 is 29.6 Å². The van der Waals surface area contributed by atoms with Gasteiger partial charge in [0, 0.05) is 12.0 Å². The molecule has 0 aliphatic carbocycles. The maximum atomic E-state index is 12.9. The van der Waals surface area contributed by atoms with Crippen molar-refractivity contribution in [3.63, 3.8) is 0 Å². The number of hydrogen-bond acceptors (Lipinski definition) is 4. The summed E-state index contributed by atoms with van der Waals surface area (Å²) in [5, 5.41) is 11.1. The first kappa shape index (κ1) is 16.4. The fraction of sp³-hybridized carbons (Fsp3) is 0.333. The lowest BCUT2D eigenvalue weighted by molar-refractivity contribution is -0.148. The number of carbonyl (C=O) groups is 2. The average Bonchev–Trinajstić information content (AvgIpc) is 2.40. The van der Waals surface area contributed by atoms with Gasteiger partial charge in [0.25, 0.3) is 0 Å². The third kappa shape index (κ3) is 5.14. The Balaban J connectivity index is 2.39. The van der Waals surface area contributed by atoms with Crippen molar-refractivity contribution in [2.75, 3.05) is 19.4 Å². The molecular weight excluding hydrogens is 292 g/mol. The number of ether oxygens (including phenoxy) is 1. The zero-order valence-electron chi connectivity index (χ0n) is 10.6. The molecule has 0 radical (unpaired) electrons. The van der Waals surface area contributed by atoms with Crippen LogP contribution in [0.5, 0.6) is 0 Å². The van der Waals surface area contributed by atoms with Crippen LogP contribution in [-0.2, 0) is 14.3 Å². The van der Waals surface area contributed by atoms with Crippen LogP contribution in [0, 0.1) is 11.6 Å². The molecule has 0 aliphatic heterocycles. The number of carboxylic acids is 1. The predicted molar refractivity (Wildman–Crippen MR) is 68.5 cm³/mol. The summed E-state index contributed by atoms with van der Waals surface area (Å²) < 4.78 is 30.3. The molecule has 1 amide bonds. The fourth-order valence-electron chi connectivity index (χ4n) is 1.24. The van der Waals surface area contributed by atoms with Crippen LogP contribution in [0.4, 0.5) is 8.78 Å². The summed E-state index contributed by atoms with van der Waals surface area (Å²) in [7, 11) is 1.22. The Morgan fingerprint density at radius 1 is 1.40 bits per heavy atom. The number of rotatable bonds is 7. The van der Waals surface area contributed by atoms with E-state index >= 15 is 0 Å². The number of thioether (sulfide) groups is 1. The minimum atomic E-state index is -1.18. The maximum absolute atomic E-state index is 12.9. The molecule has 0 saturated heterocycles. The SMILES string of the molecule is COC(CNC(=O)CSc1ccc(F)c(F)c1)C(=O)O. The summed E-state index contributed by atoms with van der Waals surface area (Å²) >= 11 is 1.01. The molecule has 0 aromatic heterocycles. The summed E-state index contributed by atoms with van der Waals surface area (Å²) in [5.41, 5.74) is 0. The Hall–Kier alpha value is -1.67. The van der Waals surface area contributed by atoms with Gasteiger partial charge in [-0.25, -0.2) is 13.6 Å². The second-order valence-electron chi connectivity index (χ2n) is 3.73. The molecule has 110 valence electrons. The molecule has 0 spiro atoms. The summed E-state index contributed by atoms with van der Waals surface area (Å²) in [6.45, 7) is -0.164. The largest absolute Gasteiger partial charge is 0.479 e. The van der Waals surface area contributed by atoms with E-state index in [0.717, 1.165) is 23.9 Å². The normalized spacial score (nSPS) is 11.9. The number of nitrogens with one attached hydrogen (secondary N) is 1. The van der Waals surface area contributed by atoms with Crippen LogP contribution in [0.15, 0.2) is 23.1 Å². The van der Waals surface area contributed by atoms with E-state index in [4.69, 9.17) is 5.11 Å². The Morgan fingerprint density at radius 2 is 2.10 bits per heavy atom. The van der Waals surface area contributed by atoms with Gasteiger partial charge in [-0.2, -0.15) is 0 Å². The molecule has 5 nitrogen and oxygen atoms in total. The first-order valence-corrected chi connectivity index (χ1v) is 6.52. The number of carbonyl (C=O) groups excluding carboxylic acids is 1. The number of amides is 1. The topological polar surface area (TPSA) is 75.6 Å². The lowest BCUT2D eigenvalue weighted by Gasteiger charge is -2.11. The van der Waals surface area contributed by atoms with Gasteiger partial charge in [-0.3, -0.25) is 4.79 Å². The smallest absolute Gasteiger partial charge is 0.334 e. The Kier molecular flexibility index (Phi) is 6.40. The maximum Gasteiger partial charge on any atom is 0.334 e. The molecule has 2 N–H and O–H groups in total. The van der Waals surface area contributed by atoms with Crippen LogP contribution < -0.4 is 5.32 Å². The molecule has 1 atom stereocenters. The summed E-state index contributed by atoms with van der Waals surface area (Å²) in [6, 6.07) is 3.31. The molecule has 0 heterocycles. The van der Waals surface area contributed by atoms with Crippen molar-refractivity contribution < 1.29 is 28.2 Å². The summed E-state index contributed by atoms with van der Waals surface area (Å²) in [6.07, 6.45) is -1.12. The molecule has 1 unspecified atom stereocenters. The first-order valence-electron chi connectivity index (χ1n) is 5.54. The molecule has 0 saturated carbocycles. The third-order valence-electron chi connectivity index (χ3n) is 2.31. The van der Waals surface area contributed by atoms with Crippen LogP contribution in [0.3, 0.4) is 0 Å². The standard InChI is InChI=1S/C12H13F2NO4S/c1-19-10(12(17)18)5-15-11(16)6-20-7-2-3-8(13)9(14)4-7/h2-4,10H,5-6H2,1H3,(H,15,16)(H,17,18). The van der Waals surface area contributed by atoms with Gasteiger partial charge >= 0.3 is 5.97 Å². The van der Waals surface area contributed by atoms with Crippen LogP contribution in [0.2, 0.25) is 0 Å². The number of carboxylic acid groups (broad SMARTS) is 1. The van der Waals surface area contributed by atoms with Crippen molar-refractivity contribution in [2.45, 2.75) is 11.0 Å². The van der Waals surface area contributed by atoms with E-state index in [-0.39, 0.29) is 12.3 Å². The van der Waals surface area contributed by atoms with Gasteiger partial charge in [-0.05, 0) is 18.2 Å². The van der Waals surface area contributed by atoms with Gasteiger partial charge in [-0.1, -0.05) is 0 Å². The predicted octanol–water partition coefficient (Wildman–Crippen LogP) is 1.27. The Bertz CT molecular complexity index is 498. The van der Waals surface area contributed by atoms with E-state index in [2.05, 4.69) is 10.1 Å². The number of benzene rings is 1. The quantitative estimate of drug-likeness (QED) is 0.742. The van der Waals surface area contributed by atoms with Crippen LogP contribution in [0.25, 0.3) is 0 Å². The Labute approximate surface area is 118 Å². The van der Waals surface area contributed by atoms with Gasteiger partial charge in [0.15, 0.2) is 17.7 Å². The molecule has 1 rings (SSSR count). The summed E-state index contributed by atoms with van der Waals surface area (Å²) in [4.78, 5) is 22.5. The fourth-order valence-corrected chi connectivity index (χ4v) is 2.00. The van der Waals surface area contributed by atoms with E-state index in [0.29, 0.717) is 4.90 Å². The zero-order chi connectivity index (χ0) is 15.1. The zero-order valence-corrected chi connectivity index (χ0v) is 11.4. The first-order chi connectivity index (χ1) is 9.43. The average molecular weight is 305 g/mol. The van der Waals surface area contributed by atoms with Gasteiger partial charge in [0.1, 0.15) is 0 Å². The van der Waals surface area contributed by atoms with Crippen molar-refractivity contribution in [1.82, 2.24) is 5.32 Å². The highest BCUT2D eigenvalue weighted by molar-refractivity contribution is 8.00. The molecule has 0 aliphatic rings. The molecule has 1 aromatic carbocycles. The van der Waals surface area contributed by atoms with Crippen LogP contribution in [-0.4, -0.2) is 42.5 Å². The van der Waals surface area contributed by atoms with Crippen LogP contribution in [0.1, 0.15) is 0 Å². The van der Waals surface area contributed by atoms with Crippen molar-refractivity contribution >= 4 is 23.6 Å². The summed E-state index contributed by atoms with van der Waals surface area (Å²) in [5.74, 6) is -3.59. The molecule has 20 heavy (non-hydrogen) atoms. The minimum absolute atomic E-state index is 0.0405. The molecule has 1 aromatic rings. The van der Waals surface area contributed by atoms with E-state index in [9.17, 15) is 18.4 Å². The highest BCUT2D eigenvalue weighted by atomic mass is 32.2. The minimum Gasteiger partial charge on any atom is -0.479 e. The lowest BCUT2D eigenvalue weighted by atomic mass is 10.3. The van der Waals surface area contributed by atoms with Gasteiger partial charge in [0.05, 0.1) is 12.3 Å². The van der Waals surface area contributed by atoms with Crippen LogP contribution >= 0.6 is 11.8 Å². The third-order valence-corrected chi connectivity index (χ3v) is 3.30. The Morgan fingerprint density at radius 3 is 2.65 bits per heavy atom.